The predicted molar refractivity (Wildman–Crippen MR) is 67.4 cm³/mol. The van der Waals surface area contributed by atoms with Crippen molar-refractivity contribution in [3.8, 4) is 12.3 Å². The van der Waals surface area contributed by atoms with E-state index in [1.807, 2.05) is 4.90 Å². The first-order chi connectivity index (χ1) is 8.29. The summed E-state index contributed by atoms with van der Waals surface area (Å²) in [4.78, 5) is 16.2. The quantitative estimate of drug-likeness (QED) is 0.528. The number of carbonyl (C=O) groups is 1. The third kappa shape index (κ3) is 4.03. The summed E-state index contributed by atoms with van der Waals surface area (Å²) in [6.07, 6.45) is 7.92. The fourth-order valence-electron chi connectivity index (χ4n) is 2.20. The number of hydrogen-bond donors (Lipinski definition) is 1. The highest BCUT2D eigenvalue weighted by molar-refractivity contribution is 5.78. The van der Waals surface area contributed by atoms with E-state index < -0.39 is 0 Å². The second-order valence-corrected chi connectivity index (χ2v) is 4.93. The van der Waals surface area contributed by atoms with E-state index >= 15 is 0 Å². The van der Waals surface area contributed by atoms with E-state index in [9.17, 15) is 4.79 Å². The Labute approximate surface area is 103 Å². The summed E-state index contributed by atoms with van der Waals surface area (Å²) in [6, 6.07) is 0. The Balaban J connectivity index is 1.63. The third-order valence-corrected chi connectivity index (χ3v) is 3.44. The molecule has 4 heteroatoms. The van der Waals surface area contributed by atoms with E-state index in [0.717, 1.165) is 32.1 Å². The van der Waals surface area contributed by atoms with Crippen LogP contribution in [0.1, 0.15) is 12.8 Å². The van der Waals surface area contributed by atoms with Gasteiger partial charge >= 0.3 is 0 Å². The van der Waals surface area contributed by atoms with E-state index in [4.69, 9.17) is 6.42 Å². The van der Waals surface area contributed by atoms with Gasteiger partial charge in [0.15, 0.2) is 0 Å². The number of terminal acetylenes is 1. The summed E-state index contributed by atoms with van der Waals surface area (Å²) in [7, 11) is 0. The minimum Gasteiger partial charge on any atom is -0.339 e. The first-order valence-corrected chi connectivity index (χ1v) is 6.44. The van der Waals surface area contributed by atoms with Crippen molar-refractivity contribution < 1.29 is 4.79 Å². The van der Waals surface area contributed by atoms with Crippen LogP contribution in [-0.2, 0) is 4.79 Å². The zero-order valence-electron chi connectivity index (χ0n) is 10.3. The van der Waals surface area contributed by atoms with Gasteiger partial charge in [0.1, 0.15) is 0 Å². The lowest BCUT2D eigenvalue weighted by Crippen LogP contribution is -2.51. The average Bonchev–Trinajstić information content (AvgIpc) is 3.14. The number of nitrogens with zero attached hydrogens (tertiary/aromatic N) is 2. The summed E-state index contributed by atoms with van der Waals surface area (Å²) in [6.45, 7) is 5.85. The molecule has 2 rings (SSSR count). The van der Waals surface area contributed by atoms with Gasteiger partial charge in [-0.3, -0.25) is 15.0 Å². The molecule has 1 saturated carbocycles. The summed E-state index contributed by atoms with van der Waals surface area (Å²) in [5.41, 5.74) is 0. The minimum atomic E-state index is 0.173. The monoisotopic (exact) mass is 235 g/mol. The van der Waals surface area contributed by atoms with E-state index in [-0.39, 0.29) is 5.91 Å². The topological polar surface area (TPSA) is 35.6 Å². The van der Waals surface area contributed by atoms with Crippen LogP contribution in [0.25, 0.3) is 0 Å². The second-order valence-electron chi connectivity index (χ2n) is 4.93. The maximum atomic E-state index is 11.8. The Bertz CT molecular complexity index is 298. The van der Waals surface area contributed by atoms with Crippen LogP contribution in [-0.4, -0.2) is 61.5 Å². The van der Waals surface area contributed by atoms with Crippen molar-refractivity contribution in [2.75, 3.05) is 45.8 Å². The number of amides is 1. The van der Waals surface area contributed by atoms with Crippen molar-refractivity contribution in [2.45, 2.75) is 12.8 Å². The summed E-state index contributed by atoms with van der Waals surface area (Å²) < 4.78 is 0. The lowest BCUT2D eigenvalue weighted by atomic mass is 10.2. The summed E-state index contributed by atoms with van der Waals surface area (Å²) >= 11 is 0. The van der Waals surface area contributed by atoms with Gasteiger partial charge in [-0.15, -0.1) is 6.42 Å². The van der Waals surface area contributed by atoms with Gasteiger partial charge in [0, 0.05) is 32.7 Å². The first kappa shape index (κ1) is 12.4. The molecule has 0 unspecified atom stereocenters. The number of carbonyl (C=O) groups excluding carboxylic acids is 1. The van der Waals surface area contributed by atoms with Crippen molar-refractivity contribution in [1.82, 2.24) is 15.1 Å². The fourth-order valence-corrected chi connectivity index (χ4v) is 2.20. The van der Waals surface area contributed by atoms with Crippen LogP contribution in [0.3, 0.4) is 0 Å². The molecule has 4 nitrogen and oxygen atoms in total. The molecule has 1 N–H and O–H groups in total. The molecular weight excluding hydrogens is 214 g/mol. The Kier molecular flexibility index (Phi) is 4.41. The maximum absolute atomic E-state index is 11.8. The fraction of sp³-hybridized carbons (Fsp3) is 0.769. The zero-order chi connectivity index (χ0) is 12.1. The molecule has 1 aliphatic heterocycles. The molecule has 2 fully saturated rings. The average molecular weight is 235 g/mol. The van der Waals surface area contributed by atoms with Crippen molar-refractivity contribution in [2.24, 2.45) is 5.92 Å². The Hall–Kier alpha value is -1.05. The van der Waals surface area contributed by atoms with Crippen LogP contribution in [0.15, 0.2) is 0 Å². The van der Waals surface area contributed by atoms with Crippen LogP contribution in [0.4, 0.5) is 0 Å². The third-order valence-electron chi connectivity index (χ3n) is 3.44. The van der Waals surface area contributed by atoms with Gasteiger partial charge in [-0.2, -0.15) is 0 Å². The molecule has 1 saturated heterocycles. The molecule has 17 heavy (non-hydrogen) atoms. The molecule has 2 aliphatic rings. The molecule has 1 aliphatic carbocycles. The number of rotatable bonds is 5. The van der Waals surface area contributed by atoms with Gasteiger partial charge in [-0.1, -0.05) is 5.92 Å². The molecule has 0 bridgehead atoms. The molecule has 1 amide bonds. The number of piperazine rings is 1. The number of hydrogen-bond acceptors (Lipinski definition) is 3. The maximum Gasteiger partial charge on any atom is 0.236 e. The minimum absolute atomic E-state index is 0.173. The van der Waals surface area contributed by atoms with Crippen LogP contribution >= 0.6 is 0 Å². The Morgan fingerprint density at radius 3 is 2.59 bits per heavy atom. The van der Waals surface area contributed by atoms with Crippen molar-refractivity contribution in [1.29, 1.82) is 0 Å². The highest BCUT2D eigenvalue weighted by Gasteiger charge is 2.27. The lowest BCUT2D eigenvalue weighted by Gasteiger charge is -2.34. The van der Waals surface area contributed by atoms with Crippen molar-refractivity contribution >= 4 is 5.91 Å². The van der Waals surface area contributed by atoms with E-state index in [0.29, 0.717) is 13.1 Å². The largest absolute Gasteiger partial charge is 0.339 e. The Morgan fingerprint density at radius 2 is 2.00 bits per heavy atom. The summed E-state index contributed by atoms with van der Waals surface area (Å²) in [5, 5.41) is 2.94. The molecule has 0 aromatic carbocycles. The molecule has 0 spiro atoms. The number of nitrogens with one attached hydrogen (secondary N) is 1. The van der Waals surface area contributed by atoms with Gasteiger partial charge in [0.2, 0.25) is 5.91 Å². The van der Waals surface area contributed by atoms with Gasteiger partial charge in [-0.05, 0) is 18.8 Å². The van der Waals surface area contributed by atoms with Crippen LogP contribution in [0, 0.1) is 18.3 Å². The van der Waals surface area contributed by atoms with Crippen LogP contribution in [0.2, 0.25) is 0 Å². The van der Waals surface area contributed by atoms with Gasteiger partial charge in [0.25, 0.3) is 0 Å². The molecular formula is C13H21N3O. The van der Waals surface area contributed by atoms with E-state index in [2.05, 4.69) is 16.1 Å². The molecule has 1 heterocycles. The SMILES string of the molecule is C#CCNCC(=O)N1CCN(CC2CC2)CC1. The molecule has 0 atom stereocenters. The van der Waals surface area contributed by atoms with Gasteiger partial charge in [-0.25, -0.2) is 0 Å². The zero-order valence-corrected chi connectivity index (χ0v) is 10.3. The first-order valence-electron chi connectivity index (χ1n) is 6.44. The van der Waals surface area contributed by atoms with Crippen LogP contribution < -0.4 is 5.32 Å². The summed E-state index contributed by atoms with van der Waals surface area (Å²) in [5.74, 6) is 3.58. The highest BCUT2D eigenvalue weighted by Crippen LogP contribution is 2.29. The predicted octanol–water partition coefficient (Wildman–Crippen LogP) is -0.237. The highest BCUT2D eigenvalue weighted by atomic mass is 16.2. The molecule has 0 aromatic rings. The molecule has 0 aromatic heterocycles. The molecule has 0 radical (unpaired) electrons. The van der Waals surface area contributed by atoms with E-state index in [1.54, 1.807) is 0 Å². The Morgan fingerprint density at radius 1 is 1.29 bits per heavy atom. The smallest absolute Gasteiger partial charge is 0.236 e. The van der Waals surface area contributed by atoms with Crippen molar-refractivity contribution in [3.63, 3.8) is 0 Å². The second kappa shape index (κ2) is 6.04. The standard InChI is InChI=1S/C13H21N3O/c1-2-5-14-10-13(17)16-8-6-15(7-9-16)11-12-3-4-12/h1,12,14H,3-11H2. The van der Waals surface area contributed by atoms with Gasteiger partial charge in [0.05, 0.1) is 13.1 Å². The van der Waals surface area contributed by atoms with Crippen molar-refractivity contribution in [3.05, 3.63) is 0 Å². The molecule has 94 valence electrons. The van der Waals surface area contributed by atoms with Crippen LogP contribution in [0.5, 0.6) is 0 Å². The normalized spacial score (nSPS) is 21.2. The van der Waals surface area contributed by atoms with Gasteiger partial charge < -0.3 is 4.90 Å². The lowest BCUT2D eigenvalue weighted by molar-refractivity contribution is -0.131. The van der Waals surface area contributed by atoms with E-state index in [1.165, 1.54) is 19.4 Å².